The molecule has 2 N–H and O–H groups in total. The van der Waals surface area contributed by atoms with Crippen LogP contribution in [0.1, 0.15) is 6.42 Å². The third-order valence-corrected chi connectivity index (χ3v) is 4.90. The van der Waals surface area contributed by atoms with Crippen LogP contribution < -0.4 is 15.8 Å². The average Bonchev–Trinajstić information content (AvgIpc) is 3.13. The second-order valence-electron chi connectivity index (χ2n) is 5.89. The summed E-state index contributed by atoms with van der Waals surface area (Å²) in [5, 5.41) is 3.44. The van der Waals surface area contributed by atoms with E-state index in [1.54, 1.807) is 6.07 Å². The topological polar surface area (TPSA) is 73.9 Å². The third kappa shape index (κ3) is 2.49. The van der Waals surface area contributed by atoms with Crippen LogP contribution in [0.2, 0.25) is 5.02 Å². The number of hydrogen-bond acceptors (Lipinski definition) is 5. The minimum atomic E-state index is -0.622. The zero-order chi connectivity index (χ0) is 16.0. The summed E-state index contributed by atoms with van der Waals surface area (Å²) in [4.78, 5) is 24.9. The Hall–Kier alpha value is -1.99. The number of aromatic amines is 1. The number of anilines is 1. The SMILES string of the molecule is O=c1[nH]c(-c2ccnc(F)c2)nc(N2CC[C@H]3CNC[C@H]32)c1Cl. The van der Waals surface area contributed by atoms with Crippen molar-refractivity contribution in [1.29, 1.82) is 0 Å². The summed E-state index contributed by atoms with van der Waals surface area (Å²) >= 11 is 6.20. The van der Waals surface area contributed by atoms with Gasteiger partial charge in [0.1, 0.15) is 10.8 Å². The molecule has 2 saturated heterocycles. The number of hydrogen-bond donors (Lipinski definition) is 2. The molecule has 0 bridgehead atoms. The van der Waals surface area contributed by atoms with Gasteiger partial charge in [-0.2, -0.15) is 4.39 Å². The minimum Gasteiger partial charge on any atom is -0.351 e. The largest absolute Gasteiger partial charge is 0.351 e. The predicted octanol–water partition coefficient (Wildman–Crippen LogP) is 1.42. The Balaban J connectivity index is 1.79. The molecule has 0 unspecified atom stereocenters. The molecule has 120 valence electrons. The highest BCUT2D eigenvalue weighted by Gasteiger charge is 2.39. The lowest BCUT2D eigenvalue weighted by Crippen LogP contribution is -2.36. The van der Waals surface area contributed by atoms with E-state index in [4.69, 9.17) is 11.6 Å². The van der Waals surface area contributed by atoms with Gasteiger partial charge in [-0.05, 0) is 18.4 Å². The van der Waals surface area contributed by atoms with Crippen molar-refractivity contribution in [3.05, 3.63) is 39.7 Å². The molecule has 0 spiro atoms. The molecule has 0 amide bonds. The Bertz CT molecular complexity index is 811. The van der Waals surface area contributed by atoms with Crippen LogP contribution in [-0.4, -0.2) is 40.6 Å². The van der Waals surface area contributed by atoms with E-state index < -0.39 is 11.5 Å². The fourth-order valence-corrected chi connectivity index (χ4v) is 3.63. The molecule has 2 aliphatic rings. The van der Waals surface area contributed by atoms with Crippen LogP contribution in [0, 0.1) is 11.9 Å². The van der Waals surface area contributed by atoms with Crippen LogP contribution in [0.25, 0.3) is 11.4 Å². The van der Waals surface area contributed by atoms with Gasteiger partial charge in [-0.25, -0.2) is 9.97 Å². The van der Waals surface area contributed by atoms with Gasteiger partial charge in [0.05, 0.1) is 0 Å². The fourth-order valence-electron chi connectivity index (χ4n) is 3.44. The Kier molecular flexibility index (Phi) is 3.54. The average molecular weight is 336 g/mol. The molecule has 2 atom stereocenters. The number of nitrogens with zero attached hydrogens (tertiary/aromatic N) is 3. The van der Waals surface area contributed by atoms with Crippen molar-refractivity contribution >= 4 is 17.4 Å². The lowest BCUT2D eigenvalue weighted by Gasteiger charge is -2.25. The summed E-state index contributed by atoms with van der Waals surface area (Å²) in [6, 6.07) is 3.13. The monoisotopic (exact) mass is 335 g/mol. The van der Waals surface area contributed by atoms with E-state index in [1.807, 2.05) is 0 Å². The molecule has 2 aliphatic heterocycles. The summed E-state index contributed by atoms with van der Waals surface area (Å²) in [7, 11) is 0. The van der Waals surface area contributed by atoms with Crippen LogP contribution in [0.4, 0.5) is 10.2 Å². The normalized spacial score (nSPS) is 23.3. The van der Waals surface area contributed by atoms with Gasteiger partial charge < -0.3 is 15.2 Å². The maximum atomic E-state index is 13.3. The molecule has 0 saturated carbocycles. The number of aromatic nitrogens is 3. The van der Waals surface area contributed by atoms with E-state index in [1.165, 1.54) is 12.3 Å². The predicted molar refractivity (Wildman–Crippen MR) is 85.2 cm³/mol. The van der Waals surface area contributed by atoms with Crippen molar-refractivity contribution in [1.82, 2.24) is 20.3 Å². The molecule has 23 heavy (non-hydrogen) atoms. The second kappa shape index (κ2) is 5.58. The first-order valence-electron chi connectivity index (χ1n) is 7.52. The van der Waals surface area contributed by atoms with Crippen LogP contribution in [0.3, 0.4) is 0 Å². The Labute approximate surface area is 136 Å². The standard InChI is InChI=1S/C15H15ClFN5O/c16-12-14(22-4-2-9-6-18-7-10(9)22)20-13(21-15(12)23)8-1-3-19-11(17)5-8/h1,3,5,9-10,18H,2,4,6-7H2,(H,20,21,23)/t9-,10+/m0/s1. The van der Waals surface area contributed by atoms with E-state index in [0.29, 0.717) is 29.2 Å². The first-order valence-corrected chi connectivity index (χ1v) is 7.90. The quantitative estimate of drug-likeness (QED) is 0.812. The zero-order valence-electron chi connectivity index (χ0n) is 12.2. The summed E-state index contributed by atoms with van der Waals surface area (Å²) < 4.78 is 13.3. The molecule has 0 aliphatic carbocycles. The third-order valence-electron chi connectivity index (χ3n) is 4.56. The number of halogens is 2. The van der Waals surface area contributed by atoms with Gasteiger partial charge in [-0.15, -0.1) is 0 Å². The van der Waals surface area contributed by atoms with Crippen LogP contribution in [0.15, 0.2) is 23.1 Å². The van der Waals surface area contributed by atoms with Crippen molar-refractivity contribution in [3.63, 3.8) is 0 Å². The van der Waals surface area contributed by atoms with Gasteiger partial charge >= 0.3 is 0 Å². The lowest BCUT2D eigenvalue weighted by molar-refractivity contribution is 0.577. The van der Waals surface area contributed by atoms with Crippen molar-refractivity contribution in [2.45, 2.75) is 12.5 Å². The lowest BCUT2D eigenvalue weighted by atomic mass is 10.1. The molecule has 0 aromatic carbocycles. The van der Waals surface area contributed by atoms with Gasteiger partial charge in [-0.1, -0.05) is 11.6 Å². The van der Waals surface area contributed by atoms with Gasteiger partial charge in [0.15, 0.2) is 5.82 Å². The highest BCUT2D eigenvalue weighted by atomic mass is 35.5. The fraction of sp³-hybridized carbons (Fsp3) is 0.400. The van der Waals surface area contributed by atoms with E-state index >= 15 is 0 Å². The zero-order valence-corrected chi connectivity index (χ0v) is 13.0. The number of H-pyrrole nitrogens is 1. The number of pyridine rings is 1. The second-order valence-corrected chi connectivity index (χ2v) is 6.27. The number of nitrogens with one attached hydrogen (secondary N) is 2. The molecule has 2 aromatic heterocycles. The molecule has 4 heterocycles. The Morgan fingerprint density at radius 2 is 2.26 bits per heavy atom. The van der Waals surface area contributed by atoms with Gasteiger partial charge in [0.2, 0.25) is 5.95 Å². The van der Waals surface area contributed by atoms with E-state index in [2.05, 4.69) is 25.2 Å². The molecule has 4 rings (SSSR count). The molecular weight excluding hydrogens is 321 g/mol. The number of rotatable bonds is 2. The van der Waals surface area contributed by atoms with Gasteiger partial charge in [0.25, 0.3) is 5.56 Å². The van der Waals surface area contributed by atoms with Crippen LogP contribution >= 0.6 is 11.6 Å². The van der Waals surface area contributed by atoms with Crippen molar-refractivity contribution in [3.8, 4) is 11.4 Å². The smallest absolute Gasteiger partial charge is 0.272 e. The highest BCUT2D eigenvalue weighted by Crippen LogP contribution is 2.34. The van der Waals surface area contributed by atoms with E-state index in [-0.39, 0.29) is 5.02 Å². The summed E-state index contributed by atoms with van der Waals surface area (Å²) in [6.07, 6.45) is 2.38. The van der Waals surface area contributed by atoms with Gasteiger partial charge in [0, 0.05) is 43.5 Å². The highest BCUT2D eigenvalue weighted by molar-refractivity contribution is 6.32. The van der Waals surface area contributed by atoms with Gasteiger partial charge in [-0.3, -0.25) is 4.79 Å². The summed E-state index contributed by atoms with van der Waals surface area (Å²) in [5.74, 6) is 0.695. The maximum absolute atomic E-state index is 13.3. The molecule has 0 radical (unpaired) electrons. The van der Waals surface area contributed by atoms with Crippen molar-refractivity contribution < 1.29 is 4.39 Å². The summed E-state index contributed by atoms with van der Waals surface area (Å²) in [5.41, 5.74) is 0.0473. The first-order chi connectivity index (χ1) is 11.1. The minimum absolute atomic E-state index is 0.0795. The molecule has 8 heteroatoms. The molecule has 2 aromatic rings. The number of fused-ring (bicyclic) bond motifs is 1. The first kappa shape index (κ1) is 14.6. The maximum Gasteiger partial charge on any atom is 0.272 e. The summed E-state index contributed by atoms with van der Waals surface area (Å²) in [6.45, 7) is 2.65. The van der Waals surface area contributed by atoms with Crippen molar-refractivity contribution in [2.24, 2.45) is 5.92 Å². The van der Waals surface area contributed by atoms with E-state index in [9.17, 15) is 9.18 Å². The van der Waals surface area contributed by atoms with E-state index in [0.717, 1.165) is 26.1 Å². The van der Waals surface area contributed by atoms with Crippen LogP contribution in [-0.2, 0) is 0 Å². The molecule has 6 nitrogen and oxygen atoms in total. The Morgan fingerprint density at radius 3 is 3.09 bits per heavy atom. The Morgan fingerprint density at radius 1 is 1.39 bits per heavy atom. The molecular formula is C15H15ClFN5O. The van der Waals surface area contributed by atoms with Crippen LogP contribution in [0.5, 0.6) is 0 Å². The molecule has 2 fully saturated rings. The van der Waals surface area contributed by atoms with Crippen molar-refractivity contribution in [2.75, 3.05) is 24.5 Å².